The summed E-state index contributed by atoms with van der Waals surface area (Å²) in [5.41, 5.74) is 5.31. The quantitative estimate of drug-likeness (QED) is 0.535. The highest BCUT2D eigenvalue weighted by atomic mass is 16.6. The lowest BCUT2D eigenvalue weighted by atomic mass is 10.0. The highest BCUT2D eigenvalue weighted by molar-refractivity contribution is 5.72. The zero-order valence-corrected chi connectivity index (χ0v) is 10.9. The van der Waals surface area contributed by atoms with Gasteiger partial charge in [-0.3, -0.25) is 4.79 Å². The Hall–Kier alpha value is -0.610. The molecule has 0 aliphatic carbocycles. The third-order valence-corrected chi connectivity index (χ3v) is 2.12. The summed E-state index contributed by atoms with van der Waals surface area (Å²) >= 11 is 0. The molecule has 0 saturated heterocycles. The molecule has 0 fully saturated rings. The summed E-state index contributed by atoms with van der Waals surface area (Å²) in [6, 6.07) is 0. The maximum absolute atomic E-state index is 11.5. The Morgan fingerprint density at radius 3 is 2.38 bits per heavy atom. The molecule has 0 aromatic rings. The molecule has 0 spiro atoms. The van der Waals surface area contributed by atoms with Crippen molar-refractivity contribution in [2.45, 2.75) is 46.1 Å². The third kappa shape index (κ3) is 7.65. The van der Waals surface area contributed by atoms with Crippen molar-refractivity contribution in [2.75, 3.05) is 19.8 Å². The second-order valence-electron chi connectivity index (χ2n) is 4.85. The van der Waals surface area contributed by atoms with E-state index in [0.717, 1.165) is 12.8 Å². The van der Waals surface area contributed by atoms with Crippen molar-refractivity contribution >= 4 is 5.97 Å². The summed E-state index contributed by atoms with van der Waals surface area (Å²) in [6.45, 7) is 9.01. The van der Waals surface area contributed by atoms with E-state index in [1.54, 1.807) is 0 Å². The zero-order valence-electron chi connectivity index (χ0n) is 10.9. The molecule has 0 aliphatic heterocycles. The highest BCUT2D eigenvalue weighted by Gasteiger charge is 2.17. The van der Waals surface area contributed by atoms with E-state index in [1.165, 1.54) is 0 Å². The first kappa shape index (κ1) is 15.4. The van der Waals surface area contributed by atoms with Gasteiger partial charge < -0.3 is 15.2 Å². The largest absolute Gasteiger partial charge is 0.463 e. The van der Waals surface area contributed by atoms with Gasteiger partial charge in [-0.2, -0.15) is 0 Å². The first-order valence-corrected chi connectivity index (χ1v) is 5.91. The van der Waals surface area contributed by atoms with Gasteiger partial charge in [0.1, 0.15) is 6.61 Å². The van der Waals surface area contributed by atoms with Crippen LogP contribution in [0.15, 0.2) is 0 Å². The Morgan fingerprint density at radius 2 is 1.94 bits per heavy atom. The van der Waals surface area contributed by atoms with Crippen LogP contribution in [-0.2, 0) is 14.3 Å². The summed E-state index contributed by atoms with van der Waals surface area (Å²) in [6.07, 6.45) is 1.73. The van der Waals surface area contributed by atoms with E-state index in [4.69, 9.17) is 15.2 Å². The van der Waals surface area contributed by atoms with Gasteiger partial charge in [0, 0.05) is 6.54 Å². The van der Waals surface area contributed by atoms with E-state index in [2.05, 4.69) is 0 Å². The Morgan fingerprint density at radius 1 is 1.31 bits per heavy atom. The number of carbonyl (C=O) groups excluding carboxylic acids is 1. The average molecular weight is 231 g/mol. The topological polar surface area (TPSA) is 61.6 Å². The minimum absolute atomic E-state index is 0.167. The zero-order chi connectivity index (χ0) is 12.6. The van der Waals surface area contributed by atoms with Crippen molar-refractivity contribution in [1.82, 2.24) is 0 Å². The third-order valence-electron chi connectivity index (χ3n) is 2.12. The molecule has 0 aliphatic rings. The summed E-state index contributed by atoms with van der Waals surface area (Å²) in [7, 11) is 0. The molecule has 4 nitrogen and oxygen atoms in total. The van der Waals surface area contributed by atoms with Gasteiger partial charge in [-0.25, -0.2) is 0 Å². The number of hydrogen-bond donors (Lipinski definition) is 1. The van der Waals surface area contributed by atoms with Crippen LogP contribution in [0.25, 0.3) is 0 Å². The Balaban J connectivity index is 3.71. The minimum Gasteiger partial charge on any atom is -0.463 e. The van der Waals surface area contributed by atoms with E-state index in [9.17, 15) is 4.79 Å². The standard InChI is InChI=1S/C12H25NO3/c1-5-6-10(9-13)11(14)15-7-8-16-12(2,3)4/h10H,5-9,13H2,1-4H3. The van der Waals surface area contributed by atoms with Crippen LogP contribution in [0.3, 0.4) is 0 Å². The molecule has 0 aromatic carbocycles. The lowest BCUT2D eigenvalue weighted by molar-refractivity contribution is -0.151. The van der Waals surface area contributed by atoms with Crippen LogP contribution in [-0.4, -0.2) is 31.3 Å². The van der Waals surface area contributed by atoms with Gasteiger partial charge in [0.15, 0.2) is 0 Å². The average Bonchev–Trinajstić information content (AvgIpc) is 2.19. The van der Waals surface area contributed by atoms with Crippen molar-refractivity contribution in [2.24, 2.45) is 11.7 Å². The number of rotatable bonds is 7. The number of hydrogen-bond acceptors (Lipinski definition) is 4. The van der Waals surface area contributed by atoms with Gasteiger partial charge in [0.2, 0.25) is 0 Å². The monoisotopic (exact) mass is 231 g/mol. The molecule has 96 valence electrons. The fraction of sp³-hybridized carbons (Fsp3) is 0.917. The predicted octanol–water partition coefficient (Wildman–Crippen LogP) is 1.72. The van der Waals surface area contributed by atoms with Gasteiger partial charge in [-0.15, -0.1) is 0 Å². The normalized spacial score (nSPS) is 13.6. The Bertz CT molecular complexity index is 199. The Kier molecular flexibility index (Phi) is 7.34. The van der Waals surface area contributed by atoms with Crippen LogP contribution in [0.1, 0.15) is 40.5 Å². The maximum atomic E-state index is 11.5. The van der Waals surface area contributed by atoms with Crippen molar-refractivity contribution < 1.29 is 14.3 Å². The number of ether oxygens (including phenoxy) is 2. The number of nitrogens with two attached hydrogens (primary N) is 1. The molecule has 2 N–H and O–H groups in total. The van der Waals surface area contributed by atoms with Crippen LogP contribution in [0.4, 0.5) is 0 Å². The molecule has 0 heterocycles. The fourth-order valence-corrected chi connectivity index (χ4v) is 1.29. The lowest BCUT2D eigenvalue weighted by Crippen LogP contribution is -2.28. The molecular weight excluding hydrogens is 206 g/mol. The second kappa shape index (κ2) is 7.63. The molecule has 0 amide bonds. The molecule has 1 unspecified atom stereocenters. The van der Waals surface area contributed by atoms with Crippen LogP contribution in [0, 0.1) is 5.92 Å². The van der Waals surface area contributed by atoms with Crippen LogP contribution < -0.4 is 5.73 Å². The van der Waals surface area contributed by atoms with Crippen LogP contribution >= 0.6 is 0 Å². The van der Waals surface area contributed by atoms with Crippen molar-refractivity contribution in [3.05, 3.63) is 0 Å². The summed E-state index contributed by atoms with van der Waals surface area (Å²) in [5.74, 6) is -0.374. The number of esters is 1. The van der Waals surface area contributed by atoms with Gasteiger partial charge in [0.25, 0.3) is 0 Å². The molecule has 1 atom stereocenters. The highest BCUT2D eigenvalue weighted by Crippen LogP contribution is 2.08. The van der Waals surface area contributed by atoms with Gasteiger partial charge in [0.05, 0.1) is 18.1 Å². The summed E-state index contributed by atoms with van der Waals surface area (Å²) in [4.78, 5) is 11.5. The molecule has 0 bridgehead atoms. The van der Waals surface area contributed by atoms with Gasteiger partial charge in [-0.05, 0) is 27.2 Å². The molecule has 0 radical (unpaired) electrons. The SMILES string of the molecule is CCCC(CN)C(=O)OCCOC(C)(C)C. The van der Waals surface area contributed by atoms with E-state index >= 15 is 0 Å². The van der Waals surface area contributed by atoms with Gasteiger partial charge >= 0.3 is 5.97 Å². The van der Waals surface area contributed by atoms with Crippen LogP contribution in [0.5, 0.6) is 0 Å². The van der Waals surface area contributed by atoms with E-state index in [-0.39, 0.29) is 17.5 Å². The van der Waals surface area contributed by atoms with E-state index in [0.29, 0.717) is 19.8 Å². The van der Waals surface area contributed by atoms with Crippen molar-refractivity contribution in [1.29, 1.82) is 0 Å². The van der Waals surface area contributed by atoms with Crippen LogP contribution in [0.2, 0.25) is 0 Å². The molecular formula is C12H25NO3. The molecule has 0 rings (SSSR count). The maximum Gasteiger partial charge on any atom is 0.310 e. The summed E-state index contributed by atoms with van der Waals surface area (Å²) < 4.78 is 10.5. The van der Waals surface area contributed by atoms with Crippen molar-refractivity contribution in [3.8, 4) is 0 Å². The first-order chi connectivity index (χ1) is 7.40. The second-order valence-corrected chi connectivity index (χ2v) is 4.85. The van der Waals surface area contributed by atoms with Crippen molar-refractivity contribution in [3.63, 3.8) is 0 Å². The molecule has 0 aromatic heterocycles. The van der Waals surface area contributed by atoms with Gasteiger partial charge in [-0.1, -0.05) is 13.3 Å². The molecule has 0 saturated carbocycles. The molecule has 4 heteroatoms. The first-order valence-electron chi connectivity index (χ1n) is 5.91. The fourth-order valence-electron chi connectivity index (χ4n) is 1.29. The minimum atomic E-state index is -0.207. The lowest BCUT2D eigenvalue weighted by Gasteiger charge is -2.20. The predicted molar refractivity (Wildman–Crippen MR) is 64.1 cm³/mol. The smallest absolute Gasteiger partial charge is 0.310 e. The number of carbonyl (C=O) groups is 1. The summed E-state index contributed by atoms with van der Waals surface area (Å²) in [5, 5.41) is 0. The molecule has 16 heavy (non-hydrogen) atoms. The van der Waals surface area contributed by atoms with E-state index in [1.807, 2.05) is 27.7 Å². The Labute approximate surface area is 98.5 Å². The van der Waals surface area contributed by atoms with E-state index < -0.39 is 0 Å².